The van der Waals surface area contributed by atoms with E-state index in [1.54, 1.807) is 0 Å². The zero-order chi connectivity index (χ0) is 20.8. The number of benzene rings is 3. The van der Waals surface area contributed by atoms with E-state index in [4.69, 9.17) is 21.4 Å². The normalized spacial score (nSPS) is 19.6. The van der Waals surface area contributed by atoms with E-state index < -0.39 is 0 Å². The van der Waals surface area contributed by atoms with Crippen LogP contribution < -0.4 is 9.64 Å². The Balaban J connectivity index is 1.57. The van der Waals surface area contributed by atoms with Crippen LogP contribution in [0.3, 0.4) is 0 Å². The van der Waals surface area contributed by atoms with Gasteiger partial charge in [0.15, 0.2) is 0 Å². The van der Waals surface area contributed by atoms with Crippen LogP contribution in [0.1, 0.15) is 40.9 Å². The number of fused-ring (bicyclic) bond motifs is 3. The molecule has 0 saturated carbocycles. The van der Waals surface area contributed by atoms with Crippen molar-refractivity contribution < 1.29 is 4.74 Å². The Labute approximate surface area is 182 Å². The van der Waals surface area contributed by atoms with Crippen LogP contribution in [0.4, 0.5) is 5.69 Å². The molecule has 0 aromatic heterocycles. The highest BCUT2D eigenvalue weighted by Gasteiger charge is 2.41. The highest BCUT2D eigenvalue weighted by molar-refractivity contribution is 6.30. The summed E-state index contributed by atoms with van der Waals surface area (Å²) < 4.78 is 6.44. The van der Waals surface area contributed by atoms with Crippen molar-refractivity contribution in [2.45, 2.75) is 25.6 Å². The van der Waals surface area contributed by atoms with E-state index >= 15 is 0 Å². The predicted octanol–water partition coefficient (Wildman–Crippen LogP) is 5.96. The summed E-state index contributed by atoms with van der Waals surface area (Å²) in [6.07, 6.45) is 0.550. The van der Waals surface area contributed by atoms with Gasteiger partial charge in [-0.2, -0.15) is 5.10 Å². The fourth-order valence-electron chi connectivity index (χ4n) is 4.14. The standard InChI is InChI=1S/C25H24ClN3O/c1-16-4-6-17(7-5-16)22-15-23-21-14-19(26)10-13-24(21)30-25(29(23)27-22)18-8-11-20(12-9-18)28(2)3/h4-14,23,25H,15H2,1-3H3. The molecule has 5 heteroatoms. The van der Waals surface area contributed by atoms with Crippen molar-refractivity contribution in [3.63, 3.8) is 0 Å². The minimum absolute atomic E-state index is 0.0993. The van der Waals surface area contributed by atoms with Crippen molar-refractivity contribution in [1.29, 1.82) is 0 Å². The third kappa shape index (κ3) is 3.31. The van der Waals surface area contributed by atoms with Crippen molar-refractivity contribution in [1.82, 2.24) is 5.01 Å². The highest BCUT2D eigenvalue weighted by Crippen LogP contribution is 2.48. The molecule has 2 aliphatic rings. The molecule has 0 spiro atoms. The highest BCUT2D eigenvalue weighted by atomic mass is 35.5. The lowest BCUT2D eigenvalue weighted by Gasteiger charge is -2.38. The summed E-state index contributed by atoms with van der Waals surface area (Å²) in [6.45, 7) is 2.10. The molecule has 3 aromatic rings. The monoisotopic (exact) mass is 417 g/mol. The van der Waals surface area contributed by atoms with Gasteiger partial charge in [0.1, 0.15) is 5.75 Å². The molecule has 0 amide bonds. The SMILES string of the molecule is Cc1ccc(C2=NN3C(C2)c2cc(Cl)ccc2OC3c2ccc(N(C)C)cc2)cc1. The topological polar surface area (TPSA) is 28.1 Å². The smallest absolute Gasteiger partial charge is 0.213 e. The van der Waals surface area contributed by atoms with E-state index in [9.17, 15) is 0 Å². The number of nitrogens with zero attached hydrogens (tertiary/aromatic N) is 3. The molecule has 4 nitrogen and oxygen atoms in total. The van der Waals surface area contributed by atoms with Crippen molar-refractivity contribution in [2.75, 3.05) is 19.0 Å². The first-order valence-corrected chi connectivity index (χ1v) is 10.5. The maximum atomic E-state index is 6.44. The molecule has 2 atom stereocenters. The van der Waals surface area contributed by atoms with Crippen molar-refractivity contribution in [2.24, 2.45) is 5.10 Å². The zero-order valence-corrected chi connectivity index (χ0v) is 18.1. The van der Waals surface area contributed by atoms with E-state index in [-0.39, 0.29) is 12.3 Å². The van der Waals surface area contributed by atoms with Gasteiger partial charge in [-0.15, -0.1) is 0 Å². The Bertz CT molecular complexity index is 1110. The van der Waals surface area contributed by atoms with E-state index in [0.717, 1.165) is 45.3 Å². The molecule has 2 unspecified atom stereocenters. The summed E-state index contributed by atoms with van der Waals surface area (Å²) >= 11 is 6.32. The van der Waals surface area contributed by atoms with Gasteiger partial charge in [0, 0.05) is 42.4 Å². The minimum atomic E-state index is -0.275. The molecular formula is C25H24ClN3O. The fraction of sp³-hybridized carbons (Fsp3) is 0.240. The van der Waals surface area contributed by atoms with Crippen LogP contribution in [-0.2, 0) is 0 Å². The van der Waals surface area contributed by atoms with E-state index in [1.165, 1.54) is 5.56 Å². The number of ether oxygens (including phenoxy) is 1. The van der Waals surface area contributed by atoms with Gasteiger partial charge in [0.2, 0.25) is 6.23 Å². The predicted molar refractivity (Wildman–Crippen MR) is 123 cm³/mol. The zero-order valence-electron chi connectivity index (χ0n) is 17.3. The molecule has 2 heterocycles. The Kier molecular flexibility index (Phi) is 4.67. The molecule has 152 valence electrons. The van der Waals surface area contributed by atoms with Crippen LogP contribution in [-0.4, -0.2) is 24.8 Å². The van der Waals surface area contributed by atoms with Gasteiger partial charge < -0.3 is 9.64 Å². The van der Waals surface area contributed by atoms with Gasteiger partial charge >= 0.3 is 0 Å². The van der Waals surface area contributed by atoms with E-state index in [2.05, 4.69) is 65.4 Å². The third-order valence-corrected chi connectivity index (χ3v) is 6.07. The van der Waals surface area contributed by atoms with Crippen LogP contribution in [0.2, 0.25) is 5.02 Å². The molecule has 5 rings (SSSR count). The third-order valence-electron chi connectivity index (χ3n) is 5.83. The van der Waals surface area contributed by atoms with Crippen LogP contribution in [0.15, 0.2) is 71.8 Å². The van der Waals surface area contributed by atoms with Gasteiger partial charge in [0.05, 0.1) is 11.8 Å². The van der Waals surface area contributed by atoms with E-state index in [0.29, 0.717) is 0 Å². The Morgan fingerprint density at radius 1 is 1.00 bits per heavy atom. The second kappa shape index (κ2) is 7.37. The molecule has 0 saturated heterocycles. The minimum Gasteiger partial charge on any atom is -0.464 e. The molecule has 3 aromatic carbocycles. The Morgan fingerprint density at radius 2 is 1.73 bits per heavy atom. The summed E-state index contributed by atoms with van der Waals surface area (Å²) in [5, 5.41) is 7.84. The lowest BCUT2D eigenvalue weighted by atomic mass is 9.95. The van der Waals surface area contributed by atoms with Gasteiger partial charge in [-0.3, -0.25) is 0 Å². The van der Waals surface area contributed by atoms with Crippen LogP contribution in [0.5, 0.6) is 5.75 Å². The average molecular weight is 418 g/mol. The molecular weight excluding hydrogens is 394 g/mol. The lowest BCUT2D eigenvalue weighted by molar-refractivity contribution is -0.0190. The van der Waals surface area contributed by atoms with Crippen molar-refractivity contribution in [3.8, 4) is 5.75 Å². The first-order valence-electron chi connectivity index (χ1n) is 10.2. The second-order valence-electron chi connectivity index (χ2n) is 8.15. The summed E-state index contributed by atoms with van der Waals surface area (Å²) in [4.78, 5) is 2.09. The number of rotatable bonds is 3. The summed E-state index contributed by atoms with van der Waals surface area (Å²) in [7, 11) is 4.08. The maximum Gasteiger partial charge on any atom is 0.213 e. The lowest BCUT2D eigenvalue weighted by Crippen LogP contribution is -2.33. The van der Waals surface area contributed by atoms with Gasteiger partial charge in [0.25, 0.3) is 0 Å². The second-order valence-corrected chi connectivity index (χ2v) is 8.59. The van der Waals surface area contributed by atoms with Crippen LogP contribution in [0, 0.1) is 6.92 Å². The fourth-order valence-corrected chi connectivity index (χ4v) is 4.32. The first kappa shape index (κ1) is 19.0. The molecule has 0 bridgehead atoms. The first-order chi connectivity index (χ1) is 14.5. The number of halogens is 1. The molecule has 0 aliphatic carbocycles. The molecule has 0 radical (unpaired) electrons. The van der Waals surface area contributed by atoms with Crippen LogP contribution >= 0.6 is 11.6 Å². The summed E-state index contributed by atoms with van der Waals surface area (Å²) in [5.41, 5.74) is 6.80. The number of anilines is 1. The average Bonchev–Trinajstić information content (AvgIpc) is 3.19. The largest absolute Gasteiger partial charge is 0.464 e. The maximum absolute atomic E-state index is 6.44. The summed E-state index contributed by atoms with van der Waals surface area (Å²) in [6, 6.07) is 23.0. The molecule has 0 N–H and O–H groups in total. The van der Waals surface area contributed by atoms with Crippen molar-refractivity contribution >= 4 is 23.0 Å². The van der Waals surface area contributed by atoms with Gasteiger partial charge in [-0.25, -0.2) is 5.01 Å². The Hall–Kier alpha value is -2.98. The van der Waals surface area contributed by atoms with Crippen molar-refractivity contribution in [3.05, 3.63) is 94.0 Å². The molecule has 0 fully saturated rings. The van der Waals surface area contributed by atoms with E-state index in [1.807, 2.05) is 32.3 Å². The number of hydrogen-bond acceptors (Lipinski definition) is 4. The number of hydrazone groups is 1. The Morgan fingerprint density at radius 3 is 2.43 bits per heavy atom. The summed E-state index contributed by atoms with van der Waals surface area (Å²) in [5.74, 6) is 0.877. The molecule has 2 aliphatic heterocycles. The van der Waals surface area contributed by atoms with Gasteiger partial charge in [-0.05, 0) is 42.8 Å². The number of hydrogen-bond donors (Lipinski definition) is 0. The number of aryl methyl sites for hydroxylation is 1. The molecule has 30 heavy (non-hydrogen) atoms. The quantitative estimate of drug-likeness (QED) is 0.526. The van der Waals surface area contributed by atoms with Gasteiger partial charge in [-0.1, -0.05) is 53.6 Å². The van der Waals surface area contributed by atoms with Crippen LogP contribution in [0.25, 0.3) is 0 Å².